The first-order chi connectivity index (χ1) is 13.3. The molecule has 2 aliphatic carbocycles. The lowest BCUT2D eigenvalue weighted by molar-refractivity contribution is 0.664. The van der Waals surface area contributed by atoms with Crippen molar-refractivity contribution < 1.29 is 0 Å². The Hall–Kier alpha value is -1.56. The summed E-state index contributed by atoms with van der Waals surface area (Å²) in [4.78, 5) is 0. The molecule has 27 heavy (non-hydrogen) atoms. The molecule has 0 bridgehead atoms. The van der Waals surface area contributed by atoms with Crippen LogP contribution in [0.25, 0.3) is 0 Å². The zero-order valence-corrected chi connectivity index (χ0v) is 17.8. The van der Waals surface area contributed by atoms with Crippen molar-refractivity contribution in [1.82, 2.24) is 0 Å². The van der Waals surface area contributed by atoms with Gasteiger partial charge >= 0.3 is 0 Å². The number of rotatable bonds is 4. The van der Waals surface area contributed by atoms with E-state index < -0.39 is 0 Å². The maximum absolute atomic E-state index is 2.54. The van der Waals surface area contributed by atoms with Gasteiger partial charge in [-0.2, -0.15) is 0 Å². The van der Waals surface area contributed by atoms with Gasteiger partial charge in [0.15, 0.2) is 0 Å². The van der Waals surface area contributed by atoms with Crippen molar-refractivity contribution in [3.8, 4) is 0 Å². The summed E-state index contributed by atoms with van der Waals surface area (Å²) in [5.41, 5.74) is 9.55. The standard InChI is InChI=1S/C24H30.C3H8/c1-2-7-24(22-14-12-18-8-3-5-10-20(18)16-22)23-15-13-19-9-4-6-11-21(19)17-23;1-3-2/h12-17,24H,2-11H2,1H3;3H2,1-2H3. The summed E-state index contributed by atoms with van der Waals surface area (Å²) in [7, 11) is 0. The minimum Gasteiger partial charge on any atom is -0.0656 e. The fourth-order valence-electron chi connectivity index (χ4n) is 4.75. The maximum atomic E-state index is 2.54. The molecule has 0 N–H and O–H groups in total. The summed E-state index contributed by atoms with van der Waals surface area (Å²) in [5.74, 6) is 0.578. The third-order valence-corrected chi connectivity index (χ3v) is 6.13. The largest absolute Gasteiger partial charge is 0.0656 e. The van der Waals surface area contributed by atoms with Crippen molar-refractivity contribution in [3.63, 3.8) is 0 Å². The molecule has 0 aromatic heterocycles. The summed E-state index contributed by atoms with van der Waals surface area (Å²) in [5, 5.41) is 0. The summed E-state index contributed by atoms with van der Waals surface area (Å²) >= 11 is 0. The normalized spacial score (nSPS) is 15.6. The monoisotopic (exact) mass is 362 g/mol. The fourth-order valence-corrected chi connectivity index (χ4v) is 4.75. The number of benzene rings is 2. The van der Waals surface area contributed by atoms with E-state index in [-0.39, 0.29) is 0 Å². The van der Waals surface area contributed by atoms with Crippen molar-refractivity contribution in [2.45, 2.75) is 97.3 Å². The van der Waals surface area contributed by atoms with Crippen LogP contribution in [-0.2, 0) is 25.7 Å². The molecule has 2 aliphatic rings. The number of aryl methyl sites for hydroxylation is 4. The van der Waals surface area contributed by atoms with Crippen molar-refractivity contribution in [3.05, 3.63) is 69.8 Å². The van der Waals surface area contributed by atoms with Crippen molar-refractivity contribution in [2.24, 2.45) is 0 Å². The lowest BCUT2D eigenvalue weighted by Gasteiger charge is -2.24. The van der Waals surface area contributed by atoms with Gasteiger partial charge in [-0.15, -0.1) is 0 Å². The number of hydrogen-bond acceptors (Lipinski definition) is 0. The van der Waals surface area contributed by atoms with E-state index in [1.165, 1.54) is 70.6 Å². The summed E-state index contributed by atoms with van der Waals surface area (Å²) in [6.07, 6.45) is 14.4. The molecule has 0 atom stereocenters. The van der Waals surface area contributed by atoms with Crippen molar-refractivity contribution >= 4 is 0 Å². The lowest BCUT2D eigenvalue weighted by Crippen LogP contribution is -2.08. The number of hydrogen-bond donors (Lipinski definition) is 0. The van der Waals surface area contributed by atoms with Gasteiger partial charge in [0.1, 0.15) is 0 Å². The van der Waals surface area contributed by atoms with Gasteiger partial charge in [0.05, 0.1) is 0 Å². The second-order valence-electron chi connectivity index (χ2n) is 8.52. The molecule has 0 nitrogen and oxygen atoms in total. The summed E-state index contributed by atoms with van der Waals surface area (Å²) in [6, 6.07) is 14.8. The van der Waals surface area contributed by atoms with Gasteiger partial charge in [-0.25, -0.2) is 0 Å². The van der Waals surface area contributed by atoms with E-state index in [9.17, 15) is 0 Å². The second kappa shape index (κ2) is 10.1. The van der Waals surface area contributed by atoms with Crippen LogP contribution in [0.15, 0.2) is 36.4 Å². The Bertz CT molecular complexity index is 665. The second-order valence-corrected chi connectivity index (χ2v) is 8.52. The van der Waals surface area contributed by atoms with E-state index in [1.807, 2.05) is 0 Å². The molecule has 0 saturated carbocycles. The van der Waals surface area contributed by atoms with Gasteiger partial charge in [-0.1, -0.05) is 70.0 Å². The van der Waals surface area contributed by atoms with Gasteiger partial charge in [0.25, 0.3) is 0 Å². The van der Waals surface area contributed by atoms with Crippen LogP contribution in [-0.4, -0.2) is 0 Å². The maximum Gasteiger partial charge on any atom is 0.00894 e. The molecule has 0 fully saturated rings. The smallest absolute Gasteiger partial charge is 0.00894 e. The van der Waals surface area contributed by atoms with Crippen LogP contribution < -0.4 is 0 Å². The van der Waals surface area contributed by atoms with Gasteiger partial charge in [-0.3, -0.25) is 0 Å². The fraction of sp³-hybridized carbons (Fsp3) is 0.556. The predicted molar refractivity (Wildman–Crippen MR) is 119 cm³/mol. The topological polar surface area (TPSA) is 0 Å². The third kappa shape index (κ3) is 5.03. The van der Waals surface area contributed by atoms with Gasteiger partial charge in [0.2, 0.25) is 0 Å². The van der Waals surface area contributed by atoms with E-state index >= 15 is 0 Å². The minimum absolute atomic E-state index is 0.578. The molecular weight excluding hydrogens is 324 g/mol. The van der Waals surface area contributed by atoms with E-state index in [2.05, 4.69) is 57.2 Å². The molecule has 2 aromatic rings. The Morgan fingerprint density at radius 3 is 1.44 bits per heavy atom. The molecule has 0 radical (unpaired) electrons. The first-order valence-electron chi connectivity index (χ1n) is 11.5. The SMILES string of the molecule is CCC.CCCC(c1ccc2c(c1)CCCC2)c1ccc2c(c1)CCCC2. The van der Waals surface area contributed by atoms with E-state index in [0.29, 0.717) is 5.92 Å². The third-order valence-electron chi connectivity index (χ3n) is 6.13. The Morgan fingerprint density at radius 2 is 1.04 bits per heavy atom. The molecule has 2 aromatic carbocycles. The van der Waals surface area contributed by atoms with E-state index in [0.717, 1.165) is 0 Å². The molecule has 146 valence electrons. The summed E-state index contributed by atoms with van der Waals surface area (Å²) in [6.45, 7) is 6.57. The quantitative estimate of drug-likeness (QED) is 0.520. The van der Waals surface area contributed by atoms with E-state index in [1.54, 1.807) is 33.4 Å². The molecule has 0 heteroatoms. The molecule has 4 rings (SSSR count). The molecule has 0 heterocycles. The van der Waals surface area contributed by atoms with Gasteiger partial charge < -0.3 is 0 Å². The Balaban J connectivity index is 0.000000659. The average Bonchev–Trinajstić information content (AvgIpc) is 2.72. The highest BCUT2D eigenvalue weighted by atomic mass is 14.2. The highest BCUT2D eigenvalue weighted by molar-refractivity contribution is 5.42. The van der Waals surface area contributed by atoms with Crippen LogP contribution in [0, 0.1) is 0 Å². The van der Waals surface area contributed by atoms with Crippen LogP contribution in [0.1, 0.15) is 105 Å². The first-order valence-corrected chi connectivity index (χ1v) is 11.5. The van der Waals surface area contributed by atoms with Crippen LogP contribution in [0.4, 0.5) is 0 Å². The average molecular weight is 363 g/mol. The summed E-state index contributed by atoms with van der Waals surface area (Å²) < 4.78 is 0. The lowest BCUT2D eigenvalue weighted by atomic mass is 9.81. The van der Waals surface area contributed by atoms with Crippen molar-refractivity contribution in [1.29, 1.82) is 0 Å². The number of fused-ring (bicyclic) bond motifs is 2. The minimum atomic E-state index is 0.578. The Kier molecular flexibility index (Phi) is 7.56. The Morgan fingerprint density at radius 1 is 0.630 bits per heavy atom. The molecule has 0 aliphatic heterocycles. The van der Waals surface area contributed by atoms with Crippen LogP contribution in [0.2, 0.25) is 0 Å². The molecule has 0 saturated heterocycles. The molecular formula is C27H38. The van der Waals surface area contributed by atoms with Crippen LogP contribution in [0.3, 0.4) is 0 Å². The van der Waals surface area contributed by atoms with Crippen LogP contribution >= 0.6 is 0 Å². The molecule has 0 unspecified atom stereocenters. The highest BCUT2D eigenvalue weighted by Gasteiger charge is 2.18. The molecule has 0 spiro atoms. The van der Waals surface area contributed by atoms with Gasteiger partial charge in [-0.05, 0) is 91.2 Å². The Labute approximate surface area is 167 Å². The predicted octanol–water partition coefficient (Wildman–Crippen LogP) is 7.79. The first kappa shape index (κ1) is 20.2. The van der Waals surface area contributed by atoms with Gasteiger partial charge in [0, 0.05) is 5.92 Å². The zero-order valence-electron chi connectivity index (χ0n) is 17.8. The van der Waals surface area contributed by atoms with Crippen LogP contribution in [0.5, 0.6) is 0 Å². The highest BCUT2D eigenvalue weighted by Crippen LogP contribution is 2.34. The van der Waals surface area contributed by atoms with Crippen molar-refractivity contribution in [2.75, 3.05) is 0 Å². The molecule has 0 amide bonds. The van der Waals surface area contributed by atoms with E-state index in [4.69, 9.17) is 0 Å². The zero-order chi connectivity index (χ0) is 19.1.